The zero-order valence-corrected chi connectivity index (χ0v) is 20.3. The number of anilines is 2. The molecule has 1 fully saturated rings. The van der Waals surface area contributed by atoms with Gasteiger partial charge in [-0.2, -0.15) is 0 Å². The average molecular weight is 490 g/mol. The third-order valence-corrected chi connectivity index (χ3v) is 8.16. The van der Waals surface area contributed by atoms with Crippen LogP contribution in [0.5, 0.6) is 0 Å². The largest absolute Gasteiger partial charge is 0.324 e. The monoisotopic (exact) mass is 489 g/mol. The van der Waals surface area contributed by atoms with Crippen LogP contribution in [0.2, 0.25) is 0 Å². The lowest BCUT2D eigenvalue weighted by Crippen LogP contribution is -2.48. The van der Waals surface area contributed by atoms with Gasteiger partial charge in [0.2, 0.25) is 10.0 Å². The predicted molar refractivity (Wildman–Crippen MR) is 136 cm³/mol. The second kappa shape index (κ2) is 8.85. The fourth-order valence-corrected chi connectivity index (χ4v) is 6.11. The fraction of sp³-hybridized carbons (Fsp3) is 0.259. The average Bonchev–Trinajstić information content (AvgIpc) is 3.19. The number of carbonyl (C=O) groups excluding carboxylic acids is 2. The molecule has 2 heterocycles. The second-order valence-electron chi connectivity index (χ2n) is 9.26. The van der Waals surface area contributed by atoms with Crippen LogP contribution in [-0.2, 0) is 15.4 Å². The van der Waals surface area contributed by atoms with Crippen molar-refractivity contribution in [2.75, 3.05) is 35.5 Å². The number of amides is 2. The Bertz CT molecular complexity index is 1360. The molecule has 8 heteroatoms. The highest BCUT2D eigenvalue weighted by Crippen LogP contribution is 2.47. The molecule has 1 saturated heterocycles. The van der Waals surface area contributed by atoms with Crippen LogP contribution in [0.4, 0.5) is 16.2 Å². The van der Waals surface area contributed by atoms with E-state index in [9.17, 15) is 18.0 Å². The van der Waals surface area contributed by atoms with Crippen LogP contribution in [0.25, 0.3) is 0 Å². The van der Waals surface area contributed by atoms with Gasteiger partial charge in [0.1, 0.15) is 0 Å². The summed E-state index contributed by atoms with van der Waals surface area (Å²) in [5.41, 5.74) is 3.31. The van der Waals surface area contributed by atoms with E-state index in [0.717, 1.165) is 11.3 Å². The van der Waals surface area contributed by atoms with Crippen molar-refractivity contribution in [1.82, 2.24) is 4.90 Å². The molecule has 0 atom stereocenters. The Morgan fingerprint density at radius 3 is 2.09 bits per heavy atom. The van der Waals surface area contributed by atoms with E-state index < -0.39 is 10.0 Å². The van der Waals surface area contributed by atoms with E-state index in [1.165, 1.54) is 10.6 Å². The number of carbonyl (C=O) groups is 2. The van der Waals surface area contributed by atoms with Gasteiger partial charge < -0.3 is 10.2 Å². The number of rotatable bonds is 4. The zero-order chi connectivity index (χ0) is 24.6. The van der Waals surface area contributed by atoms with Crippen LogP contribution in [0, 0.1) is 0 Å². The normalized spacial score (nSPS) is 16.7. The Morgan fingerprint density at radius 1 is 0.829 bits per heavy atom. The highest BCUT2D eigenvalue weighted by atomic mass is 32.2. The molecule has 0 radical (unpaired) electrons. The van der Waals surface area contributed by atoms with Crippen molar-refractivity contribution >= 4 is 33.2 Å². The number of ketones is 1. The maximum absolute atomic E-state index is 12.9. The van der Waals surface area contributed by atoms with Gasteiger partial charge in [0.05, 0.1) is 11.9 Å². The number of nitrogens with zero attached hydrogens (tertiary/aromatic N) is 2. The molecule has 7 nitrogen and oxygen atoms in total. The molecule has 1 N–H and O–H groups in total. The molecule has 0 bridgehead atoms. The van der Waals surface area contributed by atoms with Crippen molar-refractivity contribution in [3.63, 3.8) is 0 Å². The molecule has 3 aromatic rings. The number of urea groups is 1. The van der Waals surface area contributed by atoms with Gasteiger partial charge in [0.25, 0.3) is 0 Å². The van der Waals surface area contributed by atoms with Gasteiger partial charge in [-0.3, -0.25) is 9.10 Å². The predicted octanol–water partition coefficient (Wildman–Crippen LogP) is 4.26. The molecule has 0 aliphatic carbocycles. The smallest absolute Gasteiger partial charge is 0.321 e. The van der Waals surface area contributed by atoms with Gasteiger partial charge in [-0.15, -0.1) is 0 Å². The summed E-state index contributed by atoms with van der Waals surface area (Å²) in [4.78, 5) is 27.3. The third-order valence-electron chi connectivity index (χ3n) is 7.03. The SMILES string of the molecule is CS(=O)(=O)N1CC2(CCN(C(=O)Nc3ccc(C(=O)c4ccccc4)cc3)CC2)c2ccccc21. The second-order valence-corrected chi connectivity index (χ2v) is 11.2. The molecule has 3 aromatic carbocycles. The number of nitrogens with one attached hydrogen (secondary N) is 1. The Hall–Kier alpha value is -3.65. The maximum atomic E-state index is 12.9. The first-order valence-electron chi connectivity index (χ1n) is 11.6. The lowest BCUT2D eigenvalue weighted by molar-refractivity contribution is 0.103. The molecule has 2 aliphatic rings. The summed E-state index contributed by atoms with van der Waals surface area (Å²) >= 11 is 0. The summed E-state index contributed by atoms with van der Waals surface area (Å²) in [5, 5.41) is 2.92. The lowest BCUT2D eigenvalue weighted by atomic mass is 9.74. The Morgan fingerprint density at radius 2 is 1.43 bits per heavy atom. The van der Waals surface area contributed by atoms with Gasteiger partial charge in [0.15, 0.2) is 5.78 Å². The van der Waals surface area contributed by atoms with E-state index in [1.54, 1.807) is 41.3 Å². The van der Waals surface area contributed by atoms with Crippen LogP contribution in [-0.4, -0.2) is 51.0 Å². The molecule has 0 aromatic heterocycles. The Balaban J connectivity index is 1.24. The zero-order valence-electron chi connectivity index (χ0n) is 19.5. The van der Waals surface area contributed by atoms with Crippen molar-refractivity contribution in [3.05, 3.63) is 95.6 Å². The number of piperidine rings is 1. The standard InChI is InChI=1S/C27H27N3O4S/c1-35(33,34)30-19-27(23-9-5-6-10-24(23)30)15-17-29(18-16-27)26(32)28-22-13-11-21(12-14-22)25(31)20-7-3-2-4-8-20/h2-14H,15-19H2,1H3,(H,28,32). The van der Waals surface area contributed by atoms with Crippen molar-refractivity contribution in [1.29, 1.82) is 0 Å². The van der Waals surface area contributed by atoms with E-state index in [2.05, 4.69) is 5.32 Å². The van der Waals surface area contributed by atoms with Crippen LogP contribution in [0.15, 0.2) is 78.9 Å². The molecular formula is C27H27N3O4S. The first kappa shape index (κ1) is 23.1. The highest BCUT2D eigenvalue weighted by molar-refractivity contribution is 7.92. The Labute approximate surface area is 205 Å². The summed E-state index contributed by atoms with van der Waals surface area (Å²) in [7, 11) is -3.37. The highest BCUT2D eigenvalue weighted by Gasteiger charge is 2.47. The van der Waals surface area contributed by atoms with Crippen molar-refractivity contribution in [3.8, 4) is 0 Å². The molecule has 180 valence electrons. The topological polar surface area (TPSA) is 86.8 Å². The van der Waals surface area contributed by atoms with Gasteiger partial charge in [0, 0.05) is 41.9 Å². The first-order chi connectivity index (χ1) is 16.8. The quantitative estimate of drug-likeness (QED) is 0.555. The number of hydrogen-bond acceptors (Lipinski definition) is 4. The summed E-state index contributed by atoms with van der Waals surface area (Å²) in [6.07, 6.45) is 2.62. The molecule has 0 unspecified atom stereocenters. The van der Waals surface area contributed by atoms with Crippen LogP contribution in [0.1, 0.15) is 34.3 Å². The summed E-state index contributed by atoms with van der Waals surface area (Å²) in [5.74, 6) is -0.0650. The van der Waals surface area contributed by atoms with E-state index in [4.69, 9.17) is 0 Å². The summed E-state index contributed by atoms with van der Waals surface area (Å²) < 4.78 is 26.2. The van der Waals surface area contributed by atoms with Gasteiger partial charge in [-0.25, -0.2) is 13.2 Å². The van der Waals surface area contributed by atoms with Crippen molar-refractivity contribution < 1.29 is 18.0 Å². The third kappa shape index (κ3) is 4.41. The number of likely N-dealkylation sites (tertiary alicyclic amines) is 1. The maximum Gasteiger partial charge on any atom is 0.321 e. The van der Waals surface area contributed by atoms with Crippen molar-refractivity contribution in [2.45, 2.75) is 18.3 Å². The first-order valence-corrected chi connectivity index (χ1v) is 13.4. The van der Waals surface area contributed by atoms with Crippen LogP contribution < -0.4 is 9.62 Å². The number of fused-ring (bicyclic) bond motifs is 2. The molecule has 5 rings (SSSR count). The van der Waals surface area contributed by atoms with E-state index >= 15 is 0 Å². The van der Waals surface area contributed by atoms with Crippen molar-refractivity contribution in [2.24, 2.45) is 0 Å². The van der Waals surface area contributed by atoms with E-state index in [1.807, 2.05) is 42.5 Å². The number of para-hydroxylation sites is 1. The lowest BCUT2D eigenvalue weighted by Gasteiger charge is -2.39. The minimum Gasteiger partial charge on any atom is -0.324 e. The molecule has 35 heavy (non-hydrogen) atoms. The van der Waals surface area contributed by atoms with Crippen LogP contribution in [0.3, 0.4) is 0 Å². The van der Waals surface area contributed by atoms with Gasteiger partial charge in [-0.1, -0.05) is 48.5 Å². The molecule has 0 saturated carbocycles. The summed E-state index contributed by atoms with van der Waals surface area (Å²) in [6, 6.07) is 23.4. The minimum absolute atomic E-state index is 0.0650. The number of benzene rings is 3. The molecular weight excluding hydrogens is 462 g/mol. The van der Waals surface area contributed by atoms with E-state index in [-0.39, 0.29) is 17.2 Å². The van der Waals surface area contributed by atoms with Crippen LogP contribution >= 0.6 is 0 Å². The fourth-order valence-electron chi connectivity index (χ4n) is 5.11. The molecule has 2 aliphatic heterocycles. The minimum atomic E-state index is -3.37. The Kier molecular flexibility index (Phi) is 5.84. The van der Waals surface area contributed by atoms with Gasteiger partial charge >= 0.3 is 6.03 Å². The number of hydrogen-bond donors (Lipinski definition) is 1. The molecule has 1 spiro atoms. The van der Waals surface area contributed by atoms with Gasteiger partial charge in [-0.05, 0) is 48.7 Å². The summed E-state index contributed by atoms with van der Waals surface area (Å²) in [6.45, 7) is 1.47. The molecule has 2 amide bonds. The van der Waals surface area contributed by atoms with E-state index in [0.29, 0.717) is 49.3 Å². The number of sulfonamides is 1.